The summed E-state index contributed by atoms with van der Waals surface area (Å²) >= 11 is 0. The van der Waals surface area contributed by atoms with Crippen molar-refractivity contribution in [2.75, 3.05) is 19.7 Å². The molecule has 192 valence electrons. The van der Waals surface area contributed by atoms with Crippen LogP contribution in [0.15, 0.2) is 48.5 Å². The maximum atomic E-state index is 12.8. The molecule has 0 heterocycles. The van der Waals surface area contributed by atoms with E-state index in [1.165, 1.54) is 27.7 Å². The molecule has 36 heavy (non-hydrogen) atoms. The molecule has 1 fully saturated rings. The van der Waals surface area contributed by atoms with Gasteiger partial charge in [0.05, 0.1) is 6.54 Å². The van der Waals surface area contributed by atoms with Gasteiger partial charge in [0.1, 0.15) is 12.4 Å². The molecule has 0 spiro atoms. The van der Waals surface area contributed by atoms with Gasteiger partial charge in [-0.2, -0.15) is 0 Å². The standard InChI is InChI=1S/C29H35NO6/c1-20(31)27-13-12-24(16-28(27)21(2)32)29(14-8-9-15-29)19-30(22(3)33)17-26(36-23(4)34)18-35-25-10-6-5-7-11-25/h5-7,10-13,16,26H,8-9,14-15,17-19H2,1-4H3. The normalized spacial score (nSPS) is 15.1. The molecule has 1 aliphatic carbocycles. The van der Waals surface area contributed by atoms with Crippen molar-refractivity contribution < 1.29 is 28.7 Å². The minimum Gasteiger partial charge on any atom is -0.490 e. The number of carbonyl (C=O) groups is 4. The third kappa shape index (κ3) is 6.80. The zero-order valence-electron chi connectivity index (χ0n) is 21.5. The number of esters is 1. The van der Waals surface area contributed by atoms with Crippen LogP contribution < -0.4 is 4.74 Å². The second kappa shape index (κ2) is 12.0. The first-order chi connectivity index (χ1) is 17.1. The fourth-order valence-corrected chi connectivity index (χ4v) is 5.04. The molecule has 0 radical (unpaired) electrons. The minimum absolute atomic E-state index is 0.113. The molecular weight excluding hydrogens is 458 g/mol. The minimum atomic E-state index is -0.641. The van der Waals surface area contributed by atoms with Crippen LogP contribution in [0.1, 0.15) is 79.7 Å². The molecule has 0 saturated heterocycles. The average molecular weight is 494 g/mol. The Hall–Kier alpha value is -3.48. The smallest absolute Gasteiger partial charge is 0.303 e. The molecule has 0 aromatic heterocycles. The Morgan fingerprint density at radius 2 is 1.53 bits per heavy atom. The Labute approximate surface area is 212 Å². The van der Waals surface area contributed by atoms with Gasteiger partial charge in [0, 0.05) is 36.9 Å². The Morgan fingerprint density at radius 3 is 2.08 bits per heavy atom. The lowest BCUT2D eigenvalue weighted by Crippen LogP contribution is -2.47. The molecule has 1 aliphatic rings. The molecule has 2 aromatic carbocycles. The van der Waals surface area contributed by atoms with E-state index < -0.39 is 12.1 Å². The number of ketones is 2. The fourth-order valence-electron chi connectivity index (χ4n) is 5.04. The quantitative estimate of drug-likeness (QED) is 0.331. The third-order valence-electron chi connectivity index (χ3n) is 6.83. The lowest BCUT2D eigenvalue weighted by molar-refractivity contribution is -0.151. The van der Waals surface area contributed by atoms with Crippen LogP contribution in [0, 0.1) is 0 Å². The third-order valence-corrected chi connectivity index (χ3v) is 6.83. The van der Waals surface area contributed by atoms with Crippen LogP contribution >= 0.6 is 0 Å². The number of benzene rings is 2. The number of para-hydroxylation sites is 1. The highest BCUT2D eigenvalue weighted by Crippen LogP contribution is 2.42. The van der Waals surface area contributed by atoms with Gasteiger partial charge >= 0.3 is 5.97 Å². The number of Topliss-reactive ketones (excluding diaryl/α,β-unsaturated/α-hetero) is 2. The van der Waals surface area contributed by atoms with Gasteiger partial charge in [0.15, 0.2) is 17.7 Å². The first-order valence-electron chi connectivity index (χ1n) is 12.4. The maximum absolute atomic E-state index is 12.8. The molecule has 2 aromatic rings. The van der Waals surface area contributed by atoms with Crippen molar-refractivity contribution in [1.82, 2.24) is 4.90 Å². The zero-order valence-corrected chi connectivity index (χ0v) is 21.5. The molecule has 0 N–H and O–H groups in total. The Balaban J connectivity index is 1.87. The van der Waals surface area contributed by atoms with Gasteiger partial charge in [-0.15, -0.1) is 0 Å². The first-order valence-corrected chi connectivity index (χ1v) is 12.4. The number of amides is 1. The topological polar surface area (TPSA) is 90.0 Å². The highest BCUT2D eigenvalue weighted by Gasteiger charge is 2.39. The summed E-state index contributed by atoms with van der Waals surface area (Å²) in [6.45, 7) is 6.48. The van der Waals surface area contributed by atoms with Crippen LogP contribution in [-0.4, -0.2) is 54.1 Å². The number of ether oxygens (including phenoxy) is 2. The molecule has 7 nitrogen and oxygen atoms in total. The van der Waals surface area contributed by atoms with Gasteiger partial charge in [0.2, 0.25) is 5.91 Å². The van der Waals surface area contributed by atoms with Crippen molar-refractivity contribution in [3.05, 3.63) is 65.2 Å². The molecule has 0 bridgehead atoms. The van der Waals surface area contributed by atoms with Crippen LogP contribution in [0.25, 0.3) is 0 Å². The van der Waals surface area contributed by atoms with E-state index in [0.29, 0.717) is 23.4 Å². The van der Waals surface area contributed by atoms with Gasteiger partial charge in [-0.25, -0.2) is 0 Å². The predicted octanol–water partition coefficient (Wildman–Crippen LogP) is 4.76. The predicted molar refractivity (Wildman–Crippen MR) is 136 cm³/mol. The zero-order chi connectivity index (χ0) is 26.3. The SMILES string of the molecule is CC(=O)OC(COc1ccccc1)CN(CC1(c2ccc(C(C)=O)c(C(C)=O)c2)CCCC1)C(C)=O. The second-order valence-electron chi connectivity index (χ2n) is 9.62. The van der Waals surface area contributed by atoms with Gasteiger partial charge in [-0.3, -0.25) is 19.2 Å². The molecule has 1 saturated carbocycles. The Bertz CT molecular complexity index is 1100. The Morgan fingerprint density at radius 1 is 0.889 bits per heavy atom. The summed E-state index contributed by atoms with van der Waals surface area (Å²) in [5.74, 6) is -0.239. The number of hydrogen-bond acceptors (Lipinski definition) is 6. The highest BCUT2D eigenvalue weighted by atomic mass is 16.6. The van der Waals surface area contributed by atoms with Crippen molar-refractivity contribution in [2.24, 2.45) is 0 Å². The number of nitrogens with zero attached hydrogens (tertiary/aromatic N) is 1. The molecule has 1 amide bonds. The summed E-state index contributed by atoms with van der Waals surface area (Å²) in [7, 11) is 0. The lowest BCUT2D eigenvalue weighted by Gasteiger charge is -2.37. The van der Waals surface area contributed by atoms with E-state index in [0.717, 1.165) is 31.2 Å². The van der Waals surface area contributed by atoms with Crippen molar-refractivity contribution >= 4 is 23.4 Å². The Kier molecular flexibility index (Phi) is 9.02. The van der Waals surface area contributed by atoms with E-state index in [1.54, 1.807) is 11.0 Å². The van der Waals surface area contributed by atoms with Gasteiger partial charge in [-0.1, -0.05) is 43.2 Å². The summed E-state index contributed by atoms with van der Waals surface area (Å²) < 4.78 is 11.3. The molecule has 1 unspecified atom stereocenters. The van der Waals surface area contributed by atoms with Crippen molar-refractivity contribution in [3.8, 4) is 5.75 Å². The fraction of sp³-hybridized carbons (Fsp3) is 0.448. The average Bonchev–Trinajstić information content (AvgIpc) is 3.31. The summed E-state index contributed by atoms with van der Waals surface area (Å²) in [5.41, 5.74) is 1.42. The summed E-state index contributed by atoms with van der Waals surface area (Å²) in [6, 6.07) is 14.7. The molecule has 0 aliphatic heterocycles. The molecule has 3 rings (SSSR count). The van der Waals surface area contributed by atoms with Crippen LogP contribution in [0.2, 0.25) is 0 Å². The van der Waals surface area contributed by atoms with E-state index in [2.05, 4.69) is 0 Å². The summed E-state index contributed by atoms with van der Waals surface area (Å²) in [4.78, 5) is 50.7. The van der Waals surface area contributed by atoms with Crippen molar-refractivity contribution in [2.45, 2.75) is 64.9 Å². The van der Waals surface area contributed by atoms with Crippen LogP contribution in [0.5, 0.6) is 5.75 Å². The number of rotatable bonds is 11. The van der Waals surface area contributed by atoms with E-state index in [1.807, 2.05) is 42.5 Å². The molecule has 7 heteroatoms. The largest absolute Gasteiger partial charge is 0.490 e. The number of hydrogen-bond donors (Lipinski definition) is 0. The molecular formula is C29H35NO6. The first kappa shape index (κ1) is 27.1. The highest BCUT2D eigenvalue weighted by molar-refractivity contribution is 6.07. The molecule has 1 atom stereocenters. The number of carbonyl (C=O) groups excluding carboxylic acids is 4. The van der Waals surface area contributed by atoms with Gasteiger partial charge in [0.25, 0.3) is 0 Å². The van der Waals surface area contributed by atoms with E-state index in [9.17, 15) is 19.2 Å². The van der Waals surface area contributed by atoms with E-state index in [4.69, 9.17) is 9.47 Å². The summed E-state index contributed by atoms with van der Waals surface area (Å²) in [5, 5.41) is 0. The van der Waals surface area contributed by atoms with E-state index >= 15 is 0 Å². The van der Waals surface area contributed by atoms with Crippen LogP contribution in [0.3, 0.4) is 0 Å². The second-order valence-corrected chi connectivity index (χ2v) is 9.62. The van der Waals surface area contributed by atoms with Gasteiger partial charge in [-0.05, 0) is 50.5 Å². The van der Waals surface area contributed by atoms with Crippen LogP contribution in [-0.2, 0) is 19.7 Å². The van der Waals surface area contributed by atoms with Gasteiger partial charge < -0.3 is 14.4 Å². The lowest BCUT2D eigenvalue weighted by atomic mass is 9.76. The van der Waals surface area contributed by atoms with Crippen molar-refractivity contribution in [1.29, 1.82) is 0 Å². The van der Waals surface area contributed by atoms with Crippen LogP contribution in [0.4, 0.5) is 0 Å². The summed E-state index contributed by atoms with van der Waals surface area (Å²) in [6.07, 6.45) is 3.07. The maximum Gasteiger partial charge on any atom is 0.303 e. The van der Waals surface area contributed by atoms with E-state index in [-0.39, 0.29) is 36.0 Å². The monoisotopic (exact) mass is 493 g/mol. The van der Waals surface area contributed by atoms with Crippen molar-refractivity contribution in [3.63, 3.8) is 0 Å².